The van der Waals surface area contributed by atoms with Gasteiger partial charge in [-0.2, -0.15) is 0 Å². The number of thiophene rings is 1. The summed E-state index contributed by atoms with van der Waals surface area (Å²) in [5.41, 5.74) is -0.404. The fourth-order valence-electron chi connectivity index (χ4n) is 1.92. The van der Waals surface area contributed by atoms with Crippen LogP contribution in [-0.2, 0) is 0 Å². The van der Waals surface area contributed by atoms with E-state index in [1.807, 2.05) is 26.0 Å². The number of halogens is 1. The normalized spacial score (nSPS) is 12.0. The van der Waals surface area contributed by atoms with Gasteiger partial charge in [0.1, 0.15) is 10.6 Å². The van der Waals surface area contributed by atoms with Gasteiger partial charge in [0.05, 0.1) is 11.0 Å². The van der Waals surface area contributed by atoms with Gasteiger partial charge in [-0.3, -0.25) is 14.9 Å². The summed E-state index contributed by atoms with van der Waals surface area (Å²) in [6.45, 7) is 3.81. The molecule has 0 saturated heterocycles. The van der Waals surface area contributed by atoms with Gasteiger partial charge in [-0.05, 0) is 38.1 Å². The number of para-hydroxylation sites is 1. The maximum atomic E-state index is 12.2. The minimum Gasteiger partial charge on any atom is -0.344 e. The number of rotatable bonds is 4. The number of nitro benzene ring substituents is 1. The highest BCUT2D eigenvalue weighted by Gasteiger charge is 2.24. The van der Waals surface area contributed by atoms with Crippen molar-refractivity contribution < 1.29 is 9.72 Å². The first kappa shape index (κ1) is 15.5. The molecule has 110 valence electrons. The van der Waals surface area contributed by atoms with Crippen molar-refractivity contribution in [3.8, 4) is 0 Å². The van der Waals surface area contributed by atoms with E-state index in [0.717, 1.165) is 9.75 Å². The Kier molecular flexibility index (Phi) is 4.59. The first-order valence-electron chi connectivity index (χ1n) is 6.20. The van der Waals surface area contributed by atoms with Crippen molar-refractivity contribution >= 4 is 34.5 Å². The highest BCUT2D eigenvalue weighted by atomic mass is 35.5. The molecule has 0 radical (unpaired) electrons. The van der Waals surface area contributed by atoms with E-state index < -0.39 is 10.8 Å². The summed E-state index contributed by atoms with van der Waals surface area (Å²) >= 11 is 7.38. The molecular weight excluding hydrogens is 312 g/mol. The van der Waals surface area contributed by atoms with Crippen LogP contribution in [-0.4, -0.2) is 10.8 Å². The maximum absolute atomic E-state index is 12.2. The van der Waals surface area contributed by atoms with Crippen molar-refractivity contribution in [1.82, 2.24) is 5.32 Å². The largest absolute Gasteiger partial charge is 0.344 e. The van der Waals surface area contributed by atoms with Crippen molar-refractivity contribution in [3.63, 3.8) is 0 Å². The van der Waals surface area contributed by atoms with Crippen molar-refractivity contribution in [2.24, 2.45) is 0 Å². The zero-order valence-electron chi connectivity index (χ0n) is 11.4. The SMILES string of the molecule is Cc1ccc(C(C)NC(=O)c2cccc(Cl)c2[N+](=O)[O-])s1. The van der Waals surface area contributed by atoms with E-state index in [4.69, 9.17) is 11.6 Å². The standard InChI is InChI=1S/C14H13ClN2O3S/c1-8-6-7-12(21-8)9(2)16-14(18)10-4-3-5-11(15)13(10)17(19)20/h3-7,9H,1-2H3,(H,16,18). The van der Waals surface area contributed by atoms with Crippen LogP contribution in [0.3, 0.4) is 0 Å². The van der Waals surface area contributed by atoms with E-state index in [9.17, 15) is 14.9 Å². The average molecular weight is 325 g/mol. The Bertz CT molecular complexity index is 699. The molecule has 2 aromatic rings. The molecule has 1 aromatic heterocycles. The molecule has 0 bridgehead atoms. The molecule has 1 N–H and O–H groups in total. The van der Waals surface area contributed by atoms with Gasteiger partial charge in [0, 0.05) is 9.75 Å². The second-order valence-corrected chi connectivity index (χ2v) is 6.26. The third-order valence-corrected chi connectivity index (χ3v) is 4.44. The van der Waals surface area contributed by atoms with Crippen LogP contribution in [0, 0.1) is 17.0 Å². The van der Waals surface area contributed by atoms with Gasteiger partial charge >= 0.3 is 5.69 Å². The molecule has 1 aromatic carbocycles. The zero-order valence-corrected chi connectivity index (χ0v) is 13.0. The van der Waals surface area contributed by atoms with E-state index in [-0.39, 0.29) is 22.3 Å². The van der Waals surface area contributed by atoms with Crippen LogP contribution in [0.15, 0.2) is 30.3 Å². The number of carbonyl (C=O) groups is 1. The molecule has 0 saturated carbocycles. The molecule has 1 heterocycles. The second-order valence-electron chi connectivity index (χ2n) is 4.54. The Morgan fingerprint density at radius 1 is 1.38 bits per heavy atom. The van der Waals surface area contributed by atoms with Gasteiger partial charge in [-0.15, -0.1) is 11.3 Å². The molecular formula is C14H13ClN2O3S. The van der Waals surface area contributed by atoms with Crippen molar-refractivity contribution in [3.05, 3.63) is 60.8 Å². The lowest BCUT2D eigenvalue weighted by atomic mass is 10.1. The lowest BCUT2D eigenvalue weighted by Crippen LogP contribution is -2.26. The predicted molar refractivity (Wildman–Crippen MR) is 83.0 cm³/mol. The monoisotopic (exact) mass is 324 g/mol. The van der Waals surface area contributed by atoms with Crippen LogP contribution in [0.4, 0.5) is 5.69 Å². The van der Waals surface area contributed by atoms with E-state index in [0.29, 0.717) is 0 Å². The van der Waals surface area contributed by atoms with Gasteiger partial charge in [0.25, 0.3) is 5.91 Å². The second kappa shape index (κ2) is 6.24. The van der Waals surface area contributed by atoms with Crippen molar-refractivity contribution in [2.45, 2.75) is 19.9 Å². The highest BCUT2D eigenvalue weighted by Crippen LogP contribution is 2.29. The molecule has 7 heteroatoms. The van der Waals surface area contributed by atoms with E-state index in [2.05, 4.69) is 5.32 Å². The first-order chi connectivity index (χ1) is 9.90. The van der Waals surface area contributed by atoms with Gasteiger partial charge in [-0.1, -0.05) is 17.7 Å². The first-order valence-corrected chi connectivity index (χ1v) is 7.39. The average Bonchev–Trinajstić information content (AvgIpc) is 2.84. The Labute approximate surface area is 130 Å². The quantitative estimate of drug-likeness (QED) is 0.679. The molecule has 0 aliphatic rings. The molecule has 2 rings (SSSR count). The van der Waals surface area contributed by atoms with Crippen LogP contribution in [0.2, 0.25) is 5.02 Å². The number of nitrogens with one attached hydrogen (secondary N) is 1. The van der Waals surface area contributed by atoms with Gasteiger partial charge in [-0.25, -0.2) is 0 Å². The number of amides is 1. The minimum absolute atomic E-state index is 0.0346. The van der Waals surface area contributed by atoms with Crippen molar-refractivity contribution in [2.75, 3.05) is 0 Å². The molecule has 0 spiro atoms. The highest BCUT2D eigenvalue weighted by molar-refractivity contribution is 7.12. The Hall–Kier alpha value is -1.92. The number of benzene rings is 1. The minimum atomic E-state index is -0.642. The topological polar surface area (TPSA) is 72.2 Å². The predicted octanol–water partition coefficient (Wildman–Crippen LogP) is 4.11. The summed E-state index contributed by atoms with van der Waals surface area (Å²) < 4.78 is 0. The molecule has 1 amide bonds. The number of hydrogen-bond acceptors (Lipinski definition) is 4. The third kappa shape index (κ3) is 3.40. The van der Waals surface area contributed by atoms with Crippen LogP contribution < -0.4 is 5.32 Å². The molecule has 5 nitrogen and oxygen atoms in total. The molecule has 1 unspecified atom stereocenters. The summed E-state index contributed by atoms with van der Waals surface area (Å²) in [6, 6.07) is 7.97. The molecule has 0 aliphatic carbocycles. The number of nitrogens with zero attached hydrogens (tertiary/aromatic N) is 1. The molecule has 1 atom stereocenters. The smallest absolute Gasteiger partial charge is 0.300 e. The van der Waals surface area contributed by atoms with Crippen LogP contribution in [0.5, 0.6) is 0 Å². The number of aryl methyl sites for hydroxylation is 1. The zero-order chi connectivity index (χ0) is 15.6. The summed E-state index contributed by atoms with van der Waals surface area (Å²) in [7, 11) is 0. The van der Waals surface area contributed by atoms with Crippen LogP contribution in [0.25, 0.3) is 0 Å². The van der Waals surface area contributed by atoms with Gasteiger partial charge in [0.15, 0.2) is 0 Å². The molecule has 0 aliphatic heterocycles. The summed E-state index contributed by atoms with van der Waals surface area (Å²) in [6.07, 6.45) is 0. The summed E-state index contributed by atoms with van der Waals surface area (Å²) in [5.74, 6) is -0.511. The Morgan fingerprint density at radius 2 is 2.10 bits per heavy atom. The summed E-state index contributed by atoms with van der Waals surface area (Å²) in [5, 5.41) is 13.8. The number of hydrogen-bond donors (Lipinski definition) is 1. The number of carbonyl (C=O) groups excluding carboxylic acids is 1. The lowest BCUT2D eigenvalue weighted by Gasteiger charge is -2.12. The fraction of sp³-hybridized carbons (Fsp3) is 0.214. The Morgan fingerprint density at radius 3 is 2.67 bits per heavy atom. The van der Waals surface area contributed by atoms with E-state index in [1.54, 1.807) is 11.3 Å². The summed E-state index contributed by atoms with van der Waals surface area (Å²) in [4.78, 5) is 24.8. The Balaban J connectivity index is 2.25. The van der Waals surface area contributed by atoms with Crippen LogP contribution >= 0.6 is 22.9 Å². The maximum Gasteiger partial charge on any atom is 0.300 e. The lowest BCUT2D eigenvalue weighted by molar-refractivity contribution is -0.385. The molecule has 0 fully saturated rings. The fourth-order valence-corrected chi connectivity index (χ4v) is 3.04. The van der Waals surface area contributed by atoms with E-state index in [1.165, 1.54) is 18.2 Å². The van der Waals surface area contributed by atoms with Gasteiger partial charge in [0.2, 0.25) is 0 Å². The van der Waals surface area contributed by atoms with E-state index >= 15 is 0 Å². The van der Waals surface area contributed by atoms with Crippen molar-refractivity contribution in [1.29, 1.82) is 0 Å². The molecule has 21 heavy (non-hydrogen) atoms. The van der Waals surface area contributed by atoms with Crippen LogP contribution in [0.1, 0.15) is 33.1 Å². The van der Waals surface area contributed by atoms with Gasteiger partial charge < -0.3 is 5.32 Å². The third-order valence-electron chi connectivity index (χ3n) is 2.95. The number of nitro groups is 1.